The minimum absolute atomic E-state index is 0.0181. The maximum Gasteiger partial charge on any atom is 0.352 e. The molecule has 1 aliphatic heterocycles. The number of hydrogen-bond acceptors (Lipinski definition) is 3. The Morgan fingerprint density at radius 2 is 1.80 bits per heavy atom. The molecular weight excluding hydrogens is 256 g/mol. The van der Waals surface area contributed by atoms with Gasteiger partial charge in [-0.15, -0.1) is 0 Å². The third kappa shape index (κ3) is 2.87. The summed E-state index contributed by atoms with van der Waals surface area (Å²) in [6, 6.07) is 7.47. The summed E-state index contributed by atoms with van der Waals surface area (Å²) in [6.07, 6.45) is 0.358. The van der Waals surface area contributed by atoms with Crippen molar-refractivity contribution in [1.29, 1.82) is 0 Å². The van der Waals surface area contributed by atoms with E-state index in [4.69, 9.17) is 5.11 Å². The summed E-state index contributed by atoms with van der Waals surface area (Å²) in [7, 11) is 0. The van der Waals surface area contributed by atoms with Gasteiger partial charge in [0.25, 0.3) is 0 Å². The van der Waals surface area contributed by atoms with E-state index in [9.17, 15) is 9.59 Å². The van der Waals surface area contributed by atoms with E-state index in [1.54, 1.807) is 12.1 Å². The van der Waals surface area contributed by atoms with Crippen molar-refractivity contribution in [2.45, 2.75) is 39.0 Å². The minimum Gasteiger partial charge on any atom is -0.477 e. The summed E-state index contributed by atoms with van der Waals surface area (Å²) < 4.78 is 0. The van der Waals surface area contributed by atoms with Gasteiger partial charge in [0.1, 0.15) is 5.71 Å². The first-order chi connectivity index (χ1) is 9.29. The number of carboxylic acid groups (broad SMARTS) is 1. The molecule has 0 saturated carbocycles. The molecule has 0 aliphatic carbocycles. The number of hydrazone groups is 1. The minimum atomic E-state index is -1.08. The van der Waals surface area contributed by atoms with Gasteiger partial charge < -0.3 is 5.11 Å². The fourth-order valence-corrected chi connectivity index (χ4v) is 2.01. The van der Waals surface area contributed by atoms with E-state index in [2.05, 4.69) is 25.9 Å². The highest BCUT2D eigenvalue weighted by Gasteiger charge is 2.25. The maximum absolute atomic E-state index is 11.9. The first kappa shape index (κ1) is 14.2. The number of nitrogens with zero attached hydrogens (tertiary/aromatic N) is 2. The number of carbonyl (C=O) groups is 2. The standard InChI is InChI=1S/C15H18N2O3/c1-15(2,3)10-4-6-11(7-5-10)17-13(18)9-8-12(16-17)14(19)20/h4-7H,8-9H2,1-3H3,(H,19,20). The predicted octanol–water partition coefficient (Wildman–Crippen LogP) is 2.55. The molecule has 0 unspecified atom stereocenters. The molecule has 1 aromatic carbocycles. The van der Waals surface area contributed by atoms with Crippen molar-refractivity contribution in [1.82, 2.24) is 0 Å². The van der Waals surface area contributed by atoms with Crippen molar-refractivity contribution in [3.63, 3.8) is 0 Å². The normalized spacial score (nSPS) is 16.1. The van der Waals surface area contributed by atoms with Gasteiger partial charge in [-0.05, 0) is 23.1 Å². The van der Waals surface area contributed by atoms with Crippen LogP contribution in [0.2, 0.25) is 0 Å². The smallest absolute Gasteiger partial charge is 0.352 e. The Morgan fingerprint density at radius 1 is 1.20 bits per heavy atom. The molecule has 20 heavy (non-hydrogen) atoms. The molecule has 1 heterocycles. The number of carboxylic acids is 1. The van der Waals surface area contributed by atoms with Gasteiger partial charge in [0, 0.05) is 12.8 Å². The molecule has 1 aliphatic rings. The van der Waals surface area contributed by atoms with Crippen LogP contribution in [0.15, 0.2) is 29.4 Å². The van der Waals surface area contributed by atoms with Crippen LogP contribution in [0.1, 0.15) is 39.2 Å². The van der Waals surface area contributed by atoms with E-state index in [0.717, 1.165) is 5.56 Å². The second-order valence-electron chi connectivity index (χ2n) is 5.85. The van der Waals surface area contributed by atoms with Crippen LogP contribution in [-0.2, 0) is 15.0 Å². The lowest BCUT2D eigenvalue weighted by atomic mass is 9.87. The van der Waals surface area contributed by atoms with Crippen LogP contribution >= 0.6 is 0 Å². The van der Waals surface area contributed by atoms with Crippen LogP contribution in [0.5, 0.6) is 0 Å². The Kier molecular flexibility index (Phi) is 3.61. The predicted molar refractivity (Wildman–Crippen MR) is 76.9 cm³/mol. The van der Waals surface area contributed by atoms with Crippen LogP contribution < -0.4 is 5.01 Å². The zero-order valence-electron chi connectivity index (χ0n) is 11.9. The van der Waals surface area contributed by atoms with Crippen molar-refractivity contribution < 1.29 is 14.7 Å². The quantitative estimate of drug-likeness (QED) is 0.901. The maximum atomic E-state index is 11.9. The van der Waals surface area contributed by atoms with E-state index in [1.807, 2.05) is 12.1 Å². The van der Waals surface area contributed by atoms with Gasteiger partial charge >= 0.3 is 5.97 Å². The molecule has 1 N–H and O–H groups in total. The van der Waals surface area contributed by atoms with E-state index >= 15 is 0 Å². The van der Waals surface area contributed by atoms with Crippen molar-refractivity contribution in [3.05, 3.63) is 29.8 Å². The van der Waals surface area contributed by atoms with Gasteiger partial charge in [0.15, 0.2) is 0 Å². The summed E-state index contributed by atoms with van der Waals surface area (Å²) in [5.74, 6) is -1.26. The number of anilines is 1. The summed E-state index contributed by atoms with van der Waals surface area (Å²) in [6.45, 7) is 6.32. The zero-order chi connectivity index (χ0) is 14.9. The summed E-state index contributed by atoms with van der Waals surface area (Å²) in [5.41, 5.74) is 1.79. The molecule has 0 bridgehead atoms. The summed E-state index contributed by atoms with van der Waals surface area (Å²) in [5, 5.41) is 14.1. The topological polar surface area (TPSA) is 70.0 Å². The van der Waals surface area contributed by atoms with Crippen LogP contribution in [0.3, 0.4) is 0 Å². The lowest BCUT2D eigenvalue weighted by molar-refractivity contribution is -0.129. The second kappa shape index (κ2) is 5.07. The average molecular weight is 274 g/mol. The van der Waals surface area contributed by atoms with Crippen molar-refractivity contribution in [2.75, 3.05) is 5.01 Å². The molecule has 0 aromatic heterocycles. The lowest BCUT2D eigenvalue weighted by Gasteiger charge is -2.24. The molecule has 106 valence electrons. The molecule has 0 atom stereocenters. The van der Waals surface area contributed by atoms with Gasteiger partial charge in [-0.1, -0.05) is 32.9 Å². The Labute approximate surface area is 117 Å². The van der Waals surface area contributed by atoms with Crippen molar-refractivity contribution in [3.8, 4) is 0 Å². The summed E-state index contributed by atoms with van der Waals surface area (Å²) >= 11 is 0. The van der Waals surface area contributed by atoms with E-state index in [0.29, 0.717) is 5.69 Å². The Balaban J connectivity index is 2.32. The number of hydrogen-bond donors (Lipinski definition) is 1. The largest absolute Gasteiger partial charge is 0.477 e. The lowest BCUT2D eigenvalue weighted by Crippen LogP contribution is -2.34. The van der Waals surface area contributed by atoms with Gasteiger partial charge in [-0.3, -0.25) is 4.79 Å². The number of aliphatic carboxylic acids is 1. The van der Waals surface area contributed by atoms with Crippen LogP contribution in [0, 0.1) is 0 Å². The Hall–Kier alpha value is -2.17. The Morgan fingerprint density at radius 3 is 2.30 bits per heavy atom. The molecular formula is C15H18N2O3. The summed E-state index contributed by atoms with van der Waals surface area (Å²) in [4.78, 5) is 22.8. The SMILES string of the molecule is CC(C)(C)c1ccc(N2N=C(C(=O)O)CCC2=O)cc1. The van der Waals surface area contributed by atoms with Gasteiger partial charge in [0.2, 0.25) is 5.91 Å². The molecule has 0 fully saturated rings. The van der Waals surface area contributed by atoms with E-state index < -0.39 is 5.97 Å². The van der Waals surface area contributed by atoms with Crippen LogP contribution in [0.4, 0.5) is 5.69 Å². The van der Waals surface area contributed by atoms with Crippen LogP contribution in [0.25, 0.3) is 0 Å². The number of benzene rings is 1. The third-order valence-electron chi connectivity index (χ3n) is 3.26. The molecule has 5 nitrogen and oxygen atoms in total. The second-order valence-corrected chi connectivity index (χ2v) is 5.85. The fraction of sp³-hybridized carbons (Fsp3) is 0.400. The van der Waals surface area contributed by atoms with Gasteiger partial charge in [-0.25, -0.2) is 9.80 Å². The molecule has 1 amide bonds. The van der Waals surface area contributed by atoms with Gasteiger partial charge in [0.05, 0.1) is 5.69 Å². The Bertz CT molecular complexity index is 568. The highest BCUT2D eigenvalue weighted by Crippen LogP contribution is 2.26. The fourth-order valence-electron chi connectivity index (χ4n) is 2.01. The molecule has 0 radical (unpaired) electrons. The molecule has 5 heteroatoms. The average Bonchev–Trinajstić information content (AvgIpc) is 2.38. The van der Waals surface area contributed by atoms with Gasteiger partial charge in [-0.2, -0.15) is 5.10 Å². The van der Waals surface area contributed by atoms with E-state index in [1.165, 1.54) is 5.01 Å². The van der Waals surface area contributed by atoms with Crippen molar-refractivity contribution in [2.24, 2.45) is 5.10 Å². The highest BCUT2D eigenvalue weighted by molar-refractivity contribution is 6.37. The first-order valence-corrected chi connectivity index (χ1v) is 6.53. The number of rotatable bonds is 2. The zero-order valence-corrected chi connectivity index (χ0v) is 11.9. The molecule has 1 aromatic rings. The number of amides is 1. The molecule has 0 spiro atoms. The van der Waals surface area contributed by atoms with Crippen LogP contribution in [-0.4, -0.2) is 22.7 Å². The van der Waals surface area contributed by atoms with E-state index in [-0.39, 0.29) is 29.9 Å². The monoisotopic (exact) mass is 274 g/mol. The first-order valence-electron chi connectivity index (χ1n) is 6.53. The number of carbonyl (C=O) groups excluding carboxylic acids is 1. The molecule has 0 saturated heterocycles. The molecule has 2 rings (SSSR count). The highest BCUT2D eigenvalue weighted by atomic mass is 16.4. The van der Waals surface area contributed by atoms with Crippen molar-refractivity contribution >= 4 is 23.3 Å². The third-order valence-corrected chi connectivity index (χ3v) is 3.26.